The molecular formula is C11H22O9S. The zero-order valence-electron chi connectivity index (χ0n) is 11.7. The highest BCUT2D eigenvalue weighted by Gasteiger charge is 2.37. The molecule has 126 valence electrons. The Bertz CT molecular complexity index is 383. The normalized spacial score (nSPS) is 18.0. The first-order chi connectivity index (χ1) is 9.76. The van der Waals surface area contributed by atoms with Crippen molar-refractivity contribution in [2.24, 2.45) is 0 Å². The predicted octanol–water partition coefficient (Wildman–Crippen LogP) is -1.34. The molecule has 0 aliphatic carbocycles. The standard InChI is InChI=1S/C11H22O9S/c1-2-3-4-5-19-9(7-13)11(20-21(16,17)18)10(15)8(14)6-12/h7-12,14-15H,2-6H2,1H3,(H,16,17,18)/t8-,9+,10-,11-/m1/s1. The van der Waals surface area contributed by atoms with Gasteiger partial charge in [0.2, 0.25) is 0 Å². The van der Waals surface area contributed by atoms with Crippen LogP contribution < -0.4 is 0 Å². The van der Waals surface area contributed by atoms with Gasteiger partial charge >= 0.3 is 10.4 Å². The van der Waals surface area contributed by atoms with Crippen molar-refractivity contribution in [3.63, 3.8) is 0 Å². The van der Waals surface area contributed by atoms with Crippen molar-refractivity contribution in [3.8, 4) is 0 Å². The van der Waals surface area contributed by atoms with E-state index in [0.717, 1.165) is 12.8 Å². The number of rotatable bonds is 12. The van der Waals surface area contributed by atoms with E-state index in [4.69, 9.17) is 14.4 Å². The fraction of sp³-hybridized carbons (Fsp3) is 0.909. The molecule has 0 spiro atoms. The van der Waals surface area contributed by atoms with Crippen LogP contribution in [-0.4, -0.2) is 72.2 Å². The molecule has 0 bridgehead atoms. The van der Waals surface area contributed by atoms with E-state index in [2.05, 4.69) is 4.18 Å². The van der Waals surface area contributed by atoms with E-state index in [9.17, 15) is 23.4 Å². The molecule has 4 atom stereocenters. The molecule has 0 amide bonds. The number of unbranched alkanes of at least 4 members (excludes halogenated alkanes) is 2. The molecule has 4 N–H and O–H groups in total. The van der Waals surface area contributed by atoms with Gasteiger partial charge in [-0.3, -0.25) is 4.55 Å². The number of hydrogen-bond donors (Lipinski definition) is 4. The number of hydrogen-bond acceptors (Lipinski definition) is 8. The van der Waals surface area contributed by atoms with Gasteiger partial charge in [-0.1, -0.05) is 19.8 Å². The van der Waals surface area contributed by atoms with Crippen LogP contribution in [0.25, 0.3) is 0 Å². The van der Waals surface area contributed by atoms with Gasteiger partial charge in [0.1, 0.15) is 24.4 Å². The zero-order valence-corrected chi connectivity index (χ0v) is 12.5. The van der Waals surface area contributed by atoms with Crippen molar-refractivity contribution in [2.75, 3.05) is 13.2 Å². The average Bonchev–Trinajstić information content (AvgIpc) is 2.43. The van der Waals surface area contributed by atoms with Gasteiger partial charge in [0.15, 0.2) is 6.29 Å². The Morgan fingerprint density at radius 1 is 1.24 bits per heavy atom. The number of aldehydes is 1. The Morgan fingerprint density at radius 2 is 1.86 bits per heavy atom. The van der Waals surface area contributed by atoms with Gasteiger partial charge in [-0.05, 0) is 6.42 Å². The summed E-state index contributed by atoms with van der Waals surface area (Å²) in [6, 6.07) is 0. The molecular weight excluding hydrogens is 308 g/mol. The third kappa shape index (κ3) is 8.41. The summed E-state index contributed by atoms with van der Waals surface area (Å²) in [5, 5.41) is 27.8. The lowest BCUT2D eigenvalue weighted by atomic mass is 10.0. The minimum absolute atomic E-state index is 0.102. The van der Waals surface area contributed by atoms with E-state index < -0.39 is 41.4 Å². The molecule has 0 rings (SSSR count). The Kier molecular flexibility index (Phi) is 9.86. The molecule has 0 aromatic carbocycles. The molecule has 10 heteroatoms. The summed E-state index contributed by atoms with van der Waals surface area (Å²) in [6.07, 6.45) is -4.62. The highest BCUT2D eigenvalue weighted by Crippen LogP contribution is 2.14. The highest BCUT2D eigenvalue weighted by molar-refractivity contribution is 7.80. The van der Waals surface area contributed by atoms with Crippen LogP contribution in [0.4, 0.5) is 0 Å². The largest absolute Gasteiger partial charge is 0.397 e. The predicted molar refractivity (Wildman–Crippen MR) is 70.9 cm³/mol. The van der Waals surface area contributed by atoms with Gasteiger partial charge in [0.25, 0.3) is 0 Å². The van der Waals surface area contributed by atoms with Crippen LogP contribution in [0.15, 0.2) is 0 Å². The number of carbonyl (C=O) groups excluding carboxylic acids is 1. The van der Waals surface area contributed by atoms with Crippen LogP contribution in [0.2, 0.25) is 0 Å². The van der Waals surface area contributed by atoms with Crippen molar-refractivity contribution in [2.45, 2.75) is 50.6 Å². The van der Waals surface area contributed by atoms with Crippen molar-refractivity contribution in [1.82, 2.24) is 0 Å². The van der Waals surface area contributed by atoms with Gasteiger partial charge in [-0.2, -0.15) is 8.42 Å². The minimum atomic E-state index is -4.99. The summed E-state index contributed by atoms with van der Waals surface area (Å²) < 4.78 is 39.5. The molecule has 0 heterocycles. The average molecular weight is 330 g/mol. The maximum absolute atomic E-state index is 11.0. The first kappa shape index (κ1) is 20.4. The van der Waals surface area contributed by atoms with Crippen LogP contribution in [-0.2, 0) is 24.1 Å². The van der Waals surface area contributed by atoms with Gasteiger partial charge in [0.05, 0.1) is 6.61 Å². The van der Waals surface area contributed by atoms with E-state index in [1.54, 1.807) is 0 Å². The molecule has 0 aliphatic heterocycles. The number of carbonyl (C=O) groups is 1. The van der Waals surface area contributed by atoms with E-state index in [-0.39, 0.29) is 12.9 Å². The summed E-state index contributed by atoms with van der Waals surface area (Å²) in [5.41, 5.74) is 0. The van der Waals surface area contributed by atoms with Crippen molar-refractivity contribution < 1.29 is 42.0 Å². The SMILES string of the molecule is CCCCCO[C@@H](C=O)[C@@H](OS(=O)(=O)O)[C@H](O)[C@H](O)CO. The molecule has 9 nitrogen and oxygen atoms in total. The fourth-order valence-corrected chi connectivity index (χ4v) is 2.06. The lowest BCUT2D eigenvalue weighted by Gasteiger charge is -2.28. The summed E-state index contributed by atoms with van der Waals surface area (Å²) in [6.45, 7) is 1.15. The Labute approximate surface area is 123 Å². The molecule has 0 saturated heterocycles. The van der Waals surface area contributed by atoms with Crippen molar-refractivity contribution >= 4 is 16.7 Å². The molecule has 0 aliphatic rings. The second kappa shape index (κ2) is 10.2. The van der Waals surface area contributed by atoms with Crippen LogP contribution in [0.3, 0.4) is 0 Å². The summed E-state index contributed by atoms with van der Waals surface area (Å²) >= 11 is 0. The Morgan fingerprint density at radius 3 is 2.29 bits per heavy atom. The quantitative estimate of drug-likeness (QED) is 0.194. The maximum Gasteiger partial charge on any atom is 0.397 e. The smallest absolute Gasteiger partial charge is 0.394 e. The van der Waals surface area contributed by atoms with Crippen molar-refractivity contribution in [3.05, 3.63) is 0 Å². The molecule has 0 radical (unpaired) electrons. The van der Waals surface area contributed by atoms with E-state index >= 15 is 0 Å². The lowest BCUT2D eigenvalue weighted by Crippen LogP contribution is -2.49. The fourth-order valence-electron chi connectivity index (χ4n) is 1.56. The second-order valence-electron chi connectivity index (χ2n) is 4.41. The van der Waals surface area contributed by atoms with Gasteiger partial charge < -0.3 is 24.9 Å². The summed E-state index contributed by atoms with van der Waals surface area (Å²) in [7, 11) is -4.99. The highest BCUT2D eigenvalue weighted by atomic mass is 32.3. The van der Waals surface area contributed by atoms with Crippen LogP contribution >= 0.6 is 0 Å². The minimum Gasteiger partial charge on any atom is -0.394 e. The third-order valence-corrected chi connectivity index (χ3v) is 3.13. The molecule has 0 aromatic heterocycles. The van der Waals surface area contributed by atoms with Gasteiger partial charge in [0, 0.05) is 6.61 Å². The molecule has 0 unspecified atom stereocenters. The number of aliphatic hydroxyl groups excluding tert-OH is 3. The third-order valence-electron chi connectivity index (χ3n) is 2.67. The summed E-state index contributed by atoms with van der Waals surface area (Å²) in [4.78, 5) is 11.0. The number of aliphatic hydroxyl groups is 3. The molecule has 0 saturated carbocycles. The lowest BCUT2D eigenvalue weighted by molar-refractivity contribution is -0.141. The molecule has 0 fully saturated rings. The van der Waals surface area contributed by atoms with Crippen LogP contribution in [0, 0.1) is 0 Å². The van der Waals surface area contributed by atoms with Crippen molar-refractivity contribution in [1.29, 1.82) is 0 Å². The summed E-state index contributed by atoms with van der Waals surface area (Å²) in [5.74, 6) is 0. The molecule has 21 heavy (non-hydrogen) atoms. The first-order valence-electron chi connectivity index (χ1n) is 6.46. The van der Waals surface area contributed by atoms with Crippen LogP contribution in [0.1, 0.15) is 26.2 Å². The topological polar surface area (TPSA) is 151 Å². The Balaban J connectivity index is 4.92. The van der Waals surface area contributed by atoms with Gasteiger partial charge in [-0.25, -0.2) is 4.18 Å². The van der Waals surface area contributed by atoms with E-state index in [0.29, 0.717) is 6.42 Å². The first-order valence-corrected chi connectivity index (χ1v) is 7.82. The zero-order chi connectivity index (χ0) is 16.5. The van der Waals surface area contributed by atoms with Gasteiger partial charge in [-0.15, -0.1) is 0 Å². The van der Waals surface area contributed by atoms with Crippen LogP contribution in [0.5, 0.6) is 0 Å². The maximum atomic E-state index is 11.0. The molecule has 0 aromatic rings. The Hall–Kier alpha value is -0.620. The monoisotopic (exact) mass is 330 g/mol. The van der Waals surface area contributed by atoms with E-state index in [1.807, 2.05) is 6.92 Å². The van der Waals surface area contributed by atoms with E-state index in [1.165, 1.54) is 0 Å². The number of ether oxygens (including phenoxy) is 1. The second-order valence-corrected chi connectivity index (χ2v) is 5.46.